The van der Waals surface area contributed by atoms with Crippen molar-refractivity contribution in [2.24, 2.45) is 0 Å². The summed E-state index contributed by atoms with van der Waals surface area (Å²) in [5.41, 5.74) is 5.91. The first-order valence-corrected chi connectivity index (χ1v) is 13.5. The van der Waals surface area contributed by atoms with Gasteiger partial charge in [-0.1, -0.05) is 109 Å². The molecule has 0 saturated carbocycles. The van der Waals surface area contributed by atoms with E-state index in [9.17, 15) is 0 Å². The first kappa shape index (κ1) is 24.3. The van der Waals surface area contributed by atoms with Crippen LogP contribution in [0, 0.1) is 0 Å². The molecule has 3 nitrogen and oxygen atoms in total. The van der Waals surface area contributed by atoms with Crippen LogP contribution in [0.25, 0.3) is 22.5 Å². The van der Waals surface area contributed by atoms with Crippen LogP contribution in [0.4, 0.5) is 0 Å². The number of benzene rings is 3. The molecule has 0 aliphatic heterocycles. The lowest BCUT2D eigenvalue weighted by Crippen LogP contribution is -2.16. The highest BCUT2D eigenvalue weighted by molar-refractivity contribution is 7.99. The van der Waals surface area contributed by atoms with Crippen molar-refractivity contribution in [3.05, 3.63) is 96.6 Å². The van der Waals surface area contributed by atoms with Gasteiger partial charge in [-0.2, -0.15) is 0 Å². The highest BCUT2D eigenvalue weighted by Gasteiger charge is 2.14. The minimum Gasteiger partial charge on any atom is -0.332 e. The van der Waals surface area contributed by atoms with Crippen LogP contribution in [0.2, 0.25) is 0 Å². The van der Waals surface area contributed by atoms with E-state index in [0.29, 0.717) is 0 Å². The second kappa shape index (κ2) is 13.8. The van der Waals surface area contributed by atoms with Crippen LogP contribution in [-0.2, 0) is 6.42 Å². The van der Waals surface area contributed by atoms with Gasteiger partial charge in [0.2, 0.25) is 0 Å². The van der Waals surface area contributed by atoms with E-state index < -0.39 is 0 Å². The fourth-order valence-corrected chi connectivity index (χ4v) is 4.96. The predicted octanol–water partition coefficient (Wildman–Crippen LogP) is 7.62. The third-order valence-corrected chi connectivity index (χ3v) is 6.90. The molecule has 34 heavy (non-hydrogen) atoms. The maximum atomic E-state index is 4.95. The Morgan fingerprint density at radius 1 is 0.647 bits per heavy atom. The van der Waals surface area contributed by atoms with E-state index >= 15 is 0 Å². The molecule has 3 aromatic carbocycles. The van der Waals surface area contributed by atoms with E-state index in [-0.39, 0.29) is 0 Å². The summed E-state index contributed by atoms with van der Waals surface area (Å²) in [5, 5.41) is 4.61. The van der Waals surface area contributed by atoms with Crippen LogP contribution in [0.1, 0.15) is 37.7 Å². The Kier molecular flexibility index (Phi) is 9.85. The summed E-state index contributed by atoms with van der Waals surface area (Å²) in [6.45, 7) is 2.24. The Hall–Kier alpha value is -2.82. The molecule has 0 atom stereocenters. The van der Waals surface area contributed by atoms with Gasteiger partial charge in [0.1, 0.15) is 0 Å². The molecular weight excluding hydrogens is 434 g/mol. The zero-order valence-corrected chi connectivity index (χ0v) is 20.7. The topological polar surface area (TPSA) is 40.7 Å². The van der Waals surface area contributed by atoms with Crippen molar-refractivity contribution in [2.45, 2.75) is 43.7 Å². The number of aromatic amines is 1. The Morgan fingerprint density at radius 3 is 1.97 bits per heavy atom. The summed E-state index contributed by atoms with van der Waals surface area (Å²) in [4.78, 5) is 8.53. The van der Waals surface area contributed by atoms with Gasteiger partial charge >= 0.3 is 0 Å². The summed E-state index contributed by atoms with van der Waals surface area (Å²) in [6.07, 6.45) is 7.39. The zero-order valence-electron chi connectivity index (χ0n) is 19.9. The Morgan fingerprint density at radius 2 is 1.26 bits per heavy atom. The number of hydrogen-bond acceptors (Lipinski definition) is 3. The van der Waals surface area contributed by atoms with Crippen molar-refractivity contribution in [1.29, 1.82) is 0 Å². The SMILES string of the molecule is c1ccc(CCCCNCCCCCSc2nc(-c3ccccc3)c(-c3ccccc3)[nH]2)cc1. The van der Waals surface area contributed by atoms with Gasteiger partial charge in [-0.3, -0.25) is 0 Å². The lowest BCUT2D eigenvalue weighted by Gasteiger charge is -2.05. The molecule has 0 fully saturated rings. The van der Waals surface area contributed by atoms with E-state index in [4.69, 9.17) is 4.98 Å². The number of aromatic nitrogens is 2. The highest BCUT2D eigenvalue weighted by Crippen LogP contribution is 2.32. The summed E-state index contributed by atoms with van der Waals surface area (Å²) in [7, 11) is 0. The molecule has 1 heterocycles. The zero-order chi connectivity index (χ0) is 23.3. The fraction of sp³-hybridized carbons (Fsp3) is 0.300. The van der Waals surface area contributed by atoms with Crippen LogP contribution < -0.4 is 5.32 Å². The van der Waals surface area contributed by atoms with Gasteiger partial charge in [0.25, 0.3) is 0 Å². The van der Waals surface area contributed by atoms with E-state index in [0.717, 1.165) is 41.0 Å². The standard InChI is InChI=1S/C30H35N3S/c1-5-15-25(16-6-1)17-11-13-23-31-22-12-4-14-24-34-30-32-28(26-18-7-2-8-19-26)29(33-30)27-20-9-3-10-21-27/h1-3,5-10,15-16,18-21,31H,4,11-14,17,22-24H2,(H,32,33). The molecule has 2 N–H and O–H groups in total. The predicted molar refractivity (Wildman–Crippen MR) is 146 cm³/mol. The Balaban J connectivity index is 1.14. The van der Waals surface area contributed by atoms with Crippen LogP contribution >= 0.6 is 11.8 Å². The third-order valence-electron chi connectivity index (χ3n) is 5.94. The minimum atomic E-state index is 1.01. The Labute approximate surface area is 208 Å². The number of hydrogen-bond donors (Lipinski definition) is 2. The first-order valence-electron chi connectivity index (χ1n) is 12.5. The number of thioether (sulfide) groups is 1. The van der Waals surface area contributed by atoms with Crippen molar-refractivity contribution >= 4 is 11.8 Å². The van der Waals surface area contributed by atoms with Gasteiger partial charge in [0.15, 0.2) is 5.16 Å². The van der Waals surface area contributed by atoms with Gasteiger partial charge in [0, 0.05) is 16.9 Å². The maximum absolute atomic E-state index is 4.95. The molecule has 4 heteroatoms. The average Bonchev–Trinajstić information content (AvgIpc) is 3.33. The molecule has 0 bridgehead atoms. The number of nitrogens with one attached hydrogen (secondary N) is 2. The van der Waals surface area contributed by atoms with Gasteiger partial charge in [-0.25, -0.2) is 4.98 Å². The number of imidazole rings is 1. The lowest BCUT2D eigenvalue weighted by molar-refractivity contribution is 0.587. The quantitative estimate of drug-likeness (QED) is 0.147. The van der Waals surface area contributed by atoms with E-state index in [1.165, 1.54) is 49.7 Å². The van der Waals surface area contributed by atoms with Crippen LogP contribution in [-0.4, -0.2) is 28.8 Å². The normalized spacial score (nSPS) is 11.1. The largest absolute Gasteiger partial charge is 0.332 e. The molecule has 0 aliphatic rings. The smallest absolute Gasteiger partial charge is 0.166 e. The number of rotatable bonds is 14. The van der Waals surface area contributed by atoms with Crippen LogP contribution in [0.5, 0.6) is 0 Å². The summed E-state index contributed by atoms with van der Waals surface area (Å²) < 4.78 is 0. The van der Waals surface area contributed by atoms with E-state index in [1.807, 2.05) is 17.8 Å². The first-order chi connectivity index (χ1) is 16.9. The van der Waals surface area contributed by atoms with Crippen LogP contribution in [0.3, 0.4) is 0 Å². The monoisotopic (exact) mass is 469 g/mol. The van der Waals surface area contributed by atoms with E-state index in [2.05, 4.69) is 95.2 Å². The minimum absolute atomic E-state index is 1.01. The maximum Gasteiger partial charge on any atom is 0.166 e. The number of aryl methyl sites for hydroxylation is 1. The lowest BCUT2D eigenvalue weighted by atomic mass is 10.1. The van der Waals surface area contributed by atoms with Gasteiger partial charge in [0.05, 0.1) is 11.4 Å². The molecule has 4 rings (SSSR count). The number of H-pyrrole nitrogens is 1. The molecule has 1 aromatic heterocycles. The van der Waals surface area contributed by atoms with Crippen molar-refractivity contribution in [3.63, 3.8) is 0 Å². The van der Waals surface area contributed by atoms with Crippen molar-refractivity contribution in [1.82, 2.24) is 15.3 Å². The van der Waals surface area contributed by atoms with Crippen molar-refractivity contribution in [3.8, 4) is 22.5 Å². The molecule has 0 radical (unpaired) electrons. The number of unbranched alkanes of at least 4 members (excludes halogenated alkanes) is 3. The van der Waals surface area contributed by atoms with Gasteiger partial charge < -0.3 is 10.3 Å². The van der Waals surface area contributed by atoms with Crippen LogP contribution in [0.15, 0.2) is 96.2 Å². The number of nitrogens with zero attached hydrogens (tertiary/aromatic N) is 1. The second-order valence-electron chi connectivity index (χ2n) is 8.60. The van der Waals surface area contributed by atoms with Gasteiger partial charge in [-0.05, 0) is 50.8 Å². The average molecular weight is 470 g/mol. The van der Waals surface area contributed by atoms with Crippen molar-refractivity contribution in [2.75, 3.05) is 18.8 Å². The molecule has 176 valence electrons. The highest BCUT2D eigenvalue weighted by atomic mass is 32.2. The Bertz CT molecular complexity index is 1020. The molecule has 0 spiro atoms. The summed E-state index contributed by atoms with van der Waals surface area (Å²) in [5.74, 6) is 1.09. The molecular formula is C30H35N3S. The molecule has 0 saturated heterocycles. The van der Waals surface area contributed by atoms with Gasteiger partial charge in [-0.15, -0.1) is 0 Å². The fourth-order valence-electron chi connectivity index (χ4n) is 4.08. The molecule has 0 amide bonds. The third kappa shape index (κ3) is 7.61. The van der Waals surface area contributed by atoms with E-state index in [1.54, 1.807) is 0 Å². The summed E-state index contributed by atoms with van der Waals surface area (Å²) >= 11 is 1.83. The summed E-state index contributed by atoms with van der Waals surface area (Å²) in [6, 6.07) is 31.7. The van der Waals surface area contributed by atoms with Crippen molar-refractivity contribution < 1.29 is 0 Å². The second-order valence-corrected chi connectivity index (χ2v) is 9.68. The molecule has 0 unspecified atom stereocenters. The molecule has 4 aromatic rings. The molecule has 0 aliphatic carbocycles.